The minimum Gasteiger partial charge on any atom is -0.379 e. The second kappa shape index (κ2) is 9.94. The number of nitrogens with zero attached hydrogens (tertiary/aromatic N) is 3. The Kier molecular flexibility index (Phi) is 7.33. The molecule has 0 bridgehead atoms. The molecule has 1 saturated carbocycles. The fraction of sp³-hybridized carbons (Fsp3) is 0.609. The maximum absolute atomic E-state index is 13.1. The molecular weight excluding hydrogens is 378 g/mol. The monoisotopic (exact) mass is 409 g/mol. The van der Waals surface area contributed by atoms with Crippen LogP contribution in [0.5, 0.6) is 0 Å². The van der Waals surface area contributed by atoms with Crippen molar-refractivity contribution >= 4 is 17.3 Å². The number of likely N-dealkylation sites (tertiary alicyclic amines) is 1. The summed E-state index contributed by atoms with van der Waals surface area (Å²) in [5.74, 6) is 0.323. The number of nitriles is 1. The van der Waals surface area contributed by atoms with Gasteiger partial charge in [0.05, 0.1) is 12.2 Å². The van der Waals surface area contributed by atoms with Gasteiger partial charge in [-0.05, 0) is 63.0 Å². The third kappa shape index (κ3) is 4.93. The quantitative estimate of drug-likeness (QED) is 0.669. The van der Waals surface area contributed by atoms with Gasteiger partial charge in [0.1, 0.15) is 6.04 Å². The Hall–Kier alpha value is -2.59. The predicted octanol–water partition coefficient (Wildman–Crippen LogP) is 3.68. The highest BCUT2D eigenvalue weighted by Crippen LogP contribution is 2.38. The van der Waals surface area contributed by atoms with Crippen LogP contribution in [0, 0.1) is 28.1 Å². The first-order valence-corrected chi connectivity index (χ1v) is 10.7. The van der Waals surface area contributed by atoms with Crippen LogP contribution in [-0.2, 0) is 9.53 Å². The molecule has 0 aromatic carbocycles. The number of aromatic nitrogens is 1. The van der Waals surface area contributed by atoms with Crippen LogP contribution in [-0.4, -0.2) is 53.0 Å². The number of methoxy groups -OCH3 is 1. The standard InChI is InChI=1S/C23H31N5O2/c1-15(25)3-8-22(26)20-9-10-27-13-21(20)16-4-6-17(7-5-16)23(29)28-14-19(30-2)11-18(28)12-24/h9-10,13,16-19,25-26H,3-8,11,14H2,1-2H3/t16?,17?,18-,19-/m1/s1. The molecule has 1 aliphatic carbocycles. The Labute approximate surface area is 178 Å². The zero-order chi connectivity index (χ0) is 21.7. The third-order valence-corrected chi connectivity index (χ3v) is 6.47. The van der Waals surface area contributed by atoms with Crippen LogP contribution in [0.4, 0.5) is 0 Å². The van der Waals surface area contributed by atoms with E-state index in [2.05, 4.69) is 11.1 Å². The fourth-order valence-corrected chi connectivity index (χ4v) is 4.67. The lowest BCUT2D eigenvalue weighted by Gasteiger charge is -2.32. The molecule has 2 aliphatic rings. The molecule has 2 atom stereocenters. The van der Waals surface area contributed by atoms with E-state index in [0.29, 0.717) is 37.2 Å². The van der Waals surface area contributed by atoms with Gasteiger partial charge in [-0.1, -0.05) is 0 Å². The number of amides is 1. The second-order valence-electron chi connectivity index (χ2n) is 8.50. The van der Waals surface area contributed by atoms with Gasteiger partial charge in [0, 0.05) is 55.4 Å². The zero-order valence-electron chi connectivity index (χ0n) is 17.9. The first-order valence-electron chi connectivity index (χ1n) is 10.7. The van der Waals surface area contributed by atoms with Gasteiger partial charge in [-0.2, -0.15) is 5.26 Å². The molecular formula is C23H31N5O2. The summed E-state index contributed by atoms with van der Waals surface area (Å²) in [6.45, 7) is 2.27. The highest BCUT2D eigenvalue weighted by molar-refractivity contribution is 6.01. The van der Waals surface area contributed by atoms with Gasteiger partial charge in [-0.25, -0.2) is 0 Å². The Morgan fingerprint density at radius 2 is 2.03 bits per heavy atom. The van der Waals surface area contributed by atoms with Gasteiger partial charge in [0.2, 0.25) is 5.91 Å². The molecule has 0 spiro atoms. The van der Waals surface area contributed by atoms with Crippen molar-refractivity contribution in [2.45, 2.75) is 69.9 Å². The van der Waals surface area contributed by atoms with Gasteiger partial charge >= 0.3 is 0 Å². The SMILES string of the molecule is CO[C@@H]1C[C@H](C#N)N(C(=O)C2CCC(c3cnccc3C(=N)CCC(C)=N)CC2)C1. The number of nitrogens with one attached hydrogen (secondary N) is 2. The van der Waals surface area contributed by atoms with Crippen LogP contribution >= 0.6 is 0 Å². The average Bonchev–Trinajstić information content (AvgIpc) is 3.20. The molecule has 1 amide bonds. The molecule has 7 heteroatoms. The molecule has 0 radical (unpaired) electrons. The summed E-state index contributed by atoms with van der Waals surface area (Å²) in [5, 5.41) is 25.5. The summed E-state index contributed by atoms with van der Waals surface area (Å²) in [7, 11) is 1.63. The topological polar surface area (TPSA) is 114 Å². The van der Waals surface area contributed by atoms with Crippen molar-refractivity contribution < 1.29 is 9.53 Å². The maximum Gasteiger partial charge on any atom is 0.226 e. The van der Waals surface area contributed by atoms with Crippen LogP contribution in [0.25, 0.3) is 0 Å². The Morgan fingerprint density at radius 1 is 1.30 bits per heavy atom. The van der Waals surface area contributed by atoms with Crippen molar-refractivity contribution in [1.29, 1.82) is 16.1 Å². The Bertz CT molecular complexity index is 838. The van der Waals surface area contributed by atoms with E-state index < -0.39 is 0 Å². The third-order valence-electron chi connectivity index (χ3n) is 6.47. The van der Waals surface area contributed by atoms with E-state index in [1.165, 1.54) is 0 Å². The first-order chi connectivity index (χ1) is 14.4. The zero-order valence-corrected chi connectivity index (χ0v) is 17.9. The minimum atomic E-state index is -0.386. The molecule has 2 N–H and O–H groups in total. The molecule has 7 nitrogen and oxygen atoms in total. The van der Waals surface area contributed by atoms with Crippen LogP contribution < -0.4 is 0 Å². The fourth-order valence-electron chi connectivity index (χ4n) is 4.67. The van der Waals surface area contributed by atoms with Crippen molar-refractivity contribution in [3.63, 3.8) is 0 Å². The maximum atomic E-state index is 13.1. The van der Waals surface area contributed by atoms with Gasteiger partial charge in [-0.15, -0.1) is 0 Å². The molecule has 1 saturated heterocycles. The minimum absolute atomic E-state index is 0.0483. The molecule has 2 heterocycles. The molecule has 1 aromatic heterocycles. The van der Waals surface area contributed by atoms with Crippen molar-refractivity contribution in [1.82, 2.24) is 9.88 Å². The first kappa shape index (κ1) is 22.1. The van der Waals surface area contributed by atoms with Gasteiger partial charge in [-0.3, -0.25) is 9.78 Å². The van der Waals surface area contributed by atoms with E-state index in [-0.39, 0.29) is 29.9 Å². The molecule has 160 valence electrons. The van der Waals surface area contributed by atoms with Crippen molar-refractivity contribution in [2.24, 2.45) is 5.92 Å². The van der Waals surface area contributed by atoms with Gasteiger partial charge in [0.15, 0.2) is 0 Å². The normalized spacial score (nSPS) is 26.2. The van der Waals surface area contributed by atoms with Crippen LogP contribution in [0.1, 0.15) is 68.9 Å². The summed E-state index contributed by atoms with van der Waals surface area (Å²) >= 11 is 0. The number of carbonyl (C=O) groups excluding carboxylic acids is 1. The van der Waals surface area contributed by atoms with E-state index >= 15 is 0 Å². The van der Waals surface area contributed by atoms with E-state index in [9.17, 15) is 10.1 Å². The highest BCUT2D eigenvalue weighted by atomic mass is 16.5. The van der Waals surface area contributed by atoms with E-state index in [4.69, 9.17) is 15.6 Å². The molecule has 0 unspecified atom stereocenters. The van der Waals surface area contributed by atoms with Crippen molar-refractivity contribution in [3.8, 4) is 6.07 Å². The number of ether oxygens (including phenoxy) is 1. The summed E-state index contributed by atoms with van der Waals surface area (Å²) in [4.78, 5) is 19.1. The van der Waals surface area contributed by atoms with Gasteiger partial charge < -0.3 is 20.5 Å². The van der Waals surface area contributed by atoms with Crippen LogP contribution in [0.3, 0.4) is 0 Å². The van der Waals surface area contributed by atoms with E-state index in [1.807, 2.05) is 12.3 Å². The lowest BCUT2D eigenvalue weighted by atomic mass is 9.77. The molecule has 2 fully saturated rings. The number of hydrogen-bond acceptors (Lipinski definition) is 6. The lowest BCUT2D eigenvalue weighted by molar-refractivity contribution is -0.137. The molecule has 1 aliphatic heterocycles. The average molecular weight is 410 g/mol. The summed E-state index contributed by atoms with van der Waals surface area (Å²) in [6, 6.07) is 3.77. The predicted molar refractivity (Wildman–Crippen MR) is 115 cm³/mol. The van der Waals surface area contributed by atoms with Crippen LogP contribution in [0.15, 0.2) is 18.5 Å². The Balaban J connectivity index is 1.64. The number of carbonyl (C=O) groups is 1. The lowest BCUT2D eigenvalue weighted by Crippen LogP contribution is -2.40. The van der Waals surface area contributed by atoms with Crippen molar-refractivity contribution in [2.75, 3.05) is 13.7 Å². The van der Waals surface area contributed by atoms with Crippen LogP contribution in [0.2, 0.25) is 0 Å². The smallest absolute Gasteiger partial charge is 0.226 e. The number of rotatable bonds is 7. The molecule has 30 heavy (non-hydrogen) atoms. The summed E-state index contributed by atoms with van der Waals surface area (Å²) in [6.07, 6.45) is 8.62. The van der Waals surface area contributed by atoms with E-state index in [1.54, 1.807) is 25.1 Å². The summed E-state index contributed by atoms with van der Waals surface area (Å²) in [5.41, 5.74) is 3.15. The largest absolute Gasteiger partial charge is 0.379 e. The van der Waals surface area contributed by atoms with Crippen molar-refractivity contribution in [3.05, 3.63) is 29.6 Å². The van der Waals surface area contributed by atoms with Gasteiger partial charge in [0.25, 0.3) is 0 Å². The number of hydrogen-bond donors (Lipinski definition) is 2. The Morgan fingerprint density at radius 3 is 2.67 bits per heavy atom. The highest BCUT2D eigenvalue weighted by Gasteiger charge is 2.39. The van der Waals surface area contributed by atoms with E-state index in [0.717, 1.165) is 36.8 Å². The summed E-state index contributed by atoms with van der Waals surface area (Å²) < 4.78 is 5.37. The molecule has 1 aromatic rings. The number of pyridine rings is 1. The molecule has 3 rings (SSSR count). The second-order valence-corrected chi connectivity index (χ2v) is 8.50.